The van der Waals surface area contributed by atoms with Crippen molar-refractivity contribution >= 4 is 17.3 Å². The number of hydrogen-bond acceptors (Lipinski definition) is 5. The van der Waals surface area contributed by atoms with Crippen LogP contribution in [0.3, 0.4) is 0 Å². The molecule has 2 aromatic rings. The van der Waals surface area contributed by atoms with Crippen LogP contribution in [-0.2, 0) is 6.42 Å². The van der Waals surface area contributed by atoms with Crippen molar-refractivity contribution in [3.05, 3.63) is 63.6 Å². The number of nitrogens with zero attached hydrogens (tertiary/aromatic N) is 2. The van der Waals surface area contributed by atoms with Gasteiger partial charge in [-0.1, -0.05) is 26.0 Å². The maximum absolute atomic E-state index is 12.9. The van der Waals surface area contributed by atoms with Crippen molar-refractivity contribution in [3.8, 4) is 0 Å². The van der Waals surface area contributed by atoms with Gasteiger partial charge in [-0.3, -0.25) is 14.9 Å². The summed E-state index contributed by atoms with van der Waals surface area (Å²) in [5.74, 6) is -0.312. The highest BCUT2D eigenvalue weighted by Gasteiger charge is 2.19. The number of hydrogen-bond donors (Lipinski definition) is 1. The van der Waals surface area contributed by atoms with Gasteiger partial charge in [0.1, 0.15) is 11.5 Å². The number of carbonyl (C=O) groups excluding carboxylic acids is 1. The summed E-state index contributed by atoms with van der Waals surface area (Å²) in [4.78, 5) is 27.0. The number of ketones is 1. The van der Waals surface area contributed by atoms with Gasteiger partial charge < -0.3 is 5.32 Å². The fourth-order valence-corrected chi connectivity index (χ4v) is 2.06. The van der Waals surface area contributed by atoms with Gasteiger partial charge in [0, 0.05) is 19.0 Å². The van der Waals surface area contributed by atoms with Crippen LogP contribution in [0.25, 0.3) is 0 Å². The molecular formula is C17H18FN3O3. The number of anilines is 1. The van der Waals surface area contributed by atoms with Gasteiger partial charge in [-0.15, -0.1) is 0 Å². The lowest BCUT2D eigenvalue weighted by Crippen LogP contribution is -2.13. The van der Waals surface area contributed by atoms with E-state index in [1.807, 2.05) is 13.8 Å². The minimum atomic E-state index is -0.538. The van der Waals surface area contributed by atoms with E-state index in [-0.39, 0.29) is 41.1 Å². The predicted molar refractivity (Wildman–Crippen MR) is 88.7 cm³/mol. The molecular weight excluding hydrogens is 313 g/mol. The van der Waals surface area contributed by atoms with Crippen molar-refractivity contribution in [2.45, 2.75) is 20.3 Å². The van der Waals surface area contributed by atoms with Crippen LogP contribution in [0.1, 0.15) is 29.9 Å². The standard InChI is InChI=1S/C17H18FN3O3/c1-11(2)10-19-17-15(21(23)24)8-7-14(20-17)16(22)9-12-3-5-13(18)6-4-12/h3-8,11H,9-10H2,1-2H3,(H,19,20). The normalized spacial score (nSPS) is 10.7. The zero-order valence-electron chi connectivity index (χ0n) is 13.5. The van der Waals surface area contributed by atoms with E-state index in [2.05, 4.69) is 10.3 Å². The van der Waals surface area contributed by atoms with E-state index in [0.717, 1.165) is 0 Å². The van der Waals surface area contributed by atoms with Crippen molar-refractivity contribution in [1.82, 2.24) is 4.98 Å². The van der Waals surface area contributed by atoms with Crippen LogP contribution in [0.2, 0.25) is 0 Å². The molecule has 126 valence electrons. The summed E-state index contributed by atoms with van der Waals surface area (Å²) in [6.07, 6.45) is 0.0503. The fraction of sp³-hybridized carbons (Fsp3) is 0.294. The SMILES string of the molecule is CC(C)CNc1nc(C(=O)Cc2ccc(F)cc2)ccc1[N+](=O)[O-]. The van der Waals surface area contributed by atoms with E-state index in [9.17, 15) is 19.3 Å². The highest BCUT2D eigenvalue weighted by Crippen LogP contribution is 2.23. The van der Waals surface area contributed by atoms with Crippen LogP contribution in [0.15, 0.2) is 36.4 Å². The molecule has 1 heterocycles. The summed E-state index contributed by atoms with van der Waals surface area (Å²) in [6, 6.07) is 8.22. The molecule has 0 radical (unpaired) electrons. The lowest BCUT2D eigenvalue weighted by molar-refractivity contribution is -0.384. The van der Waals surface area contributed by atoms with Crippen molar-refractivity contribution in [1.29, 1.82) is 0 Å². The minimum Gasteiger partial charge on any atom is -0.364 e. The van der Waals surface area contributed by atoms with Gasteiger partial charge in [0.2, 0.25) is 5.82 Å². The van der Waals surface area contributed by atoms with E-state index in [1.165, 1.54) is 36.4 Å². The molecule has 1 aromatic heterocycles. The molecule has 1 N–H and O–H groups in total. The van der Waals surface area contributed by atoms with Crippen molar-refractivity contribution in [2.75, 3.05) is 11.9 Å². The van der Waals surface area contributed by atoms with Crippen LogP contribution in [0.4, 0.5) is 15.9 Å². The summed E-state index contributed by atoms with van der Waals surface area (Å²) < 4.78 is 12.9. The zero-order chi connectivity index (χ0) is 17.7. The van der Waals surface area contributed by atoms with Gasteiger partial charge in [0.15, 0.2) is 5.78 Å². The third kappa shape index (κ3) is 4.58. The van der Waals surface area contributed by atoms with E-state index in [0.29, 0.717) is 12.1 Å². The molecule has 1 aromatic carbocycles. The Hall–Kier alpha value is -2.83. The monoisotopic (exact) mass is 331 g/mol. The number of nitro groups is 1. The molecule has 0 unspecified atom stereocenters. The van der Waals surface area contributed by atoms with Gasteiger partial charge in [-0.05, 0) is 29.7 Å². The Balaban J connectivity index is 2.22. The van der Waals surface area contributed by atoms with Crippen molar-refractivity contribution in [3.63, 3.8) is 0 Å². The number of halogens is 1. The molecule has 0 aliphatic carbocycles. The Labute approximate surface area is 138 Å². The van der Waals surface area contributed by atoms with Crippen LogP contribution >= 0.6 is 0 Å². The maximum Gasteiger partial charge on any atom is 0.311 e. The number of rotatable bonds is 7. The largest absolute Gasteiger partial charge is 0.364 e. The number of carbonyl (C=O) groups is 1. The Bertz CT molecular complexity index is 745. The molecule has 0 aliphatic rings. The molecule has 0 fully saturated rings. The minimum absolute atomic E-state index is 0.0503. The molecule has 0 amide bonds. The summed E-state index contributed by atoms with van der Waals surface area (Å²) >= 11 is 0. The Morgan fingerprint density at radius 2 is 1.92 bits per heavy atom. The molecule has 0 bridgehead atoms. The quantitative estimate of drug-likeness (QED) is 0.476. The van der Waals surface area contributed by atoms with E-state index in [4.69, 9.17) is 0 Å². The summed E-state index contributed by atoms with van der Waals surface area (Å²) in [5, 5.41) is 14.0. The van der Waals surface area contributed by atoms with Gasteiger partial charge in [0.05, 0.1) is 4.92 Å². The van der Waals surface area contributed by atoms with Gasteiger partial charge in [-0.2, -0.15) is 0 Å². The molecule has 0 saturated carbocycles. The molecule has 6 nitrogen and oxygen atoms in total. The van der Waals surface area contributed by atoms with Crippen LogP contribution in [0, 0.1) is 21.8 Å². The van der Waals surface area contributed by atoms with E-state index < -0.39 is 4.92 Å². The second-order valence-electron chi connectivity index (χ2n) is 5.82. The number of aromatic nitrogens is 1. The Morgan fingerprint density at radius 1 is 1.25 bits per heavy atom. The van der Waals surface area contributed by atoms with Crippen molar-refractivity contribution in [2.24, 2.45) is 5.92 Å². The lowest BCUT2D eigenvalue weighted by Gasteiger charge is -2.10. The molecule has 0 aliphatic heterocycles. The van der Waals surface area contributed by atoms with E-state index >= 15 is 0 Å². The molecule has 7 heteroatoms. The number of pyridine rings is 1. The van der Waals surface area contributed by atoms with E-state index in [1.54, 1.807) is 0 Å². The highest BCUT2D eigenvalue weighted by atomic mass is 19.1. The van der Waals surface area contributed by atoms with Gasteiger partial charge in [0.25, 0.3) is 0 Å². The summed E-state index contributed by atoms with van der Waals surface area (Å²) in [6.45, 7) is 4.42. The predicted octanol–water partition coefficient (Wildman–Crippen LogP) is 3.62. The first-order chi connectivity index (χ1) is 11.4. The maximum atomic E-state index is 12.9. The smallest absolute Gasteiger partial charge is 0.311 e. The first kappa shape index (κ1) is 17.5. The average molecular weight is 331 g/mol. The number of nitrogens with one attached hydrogen (secondary N) is 1. The second kappa shape index (κ2) is 7.63. The molecule has 2 rings (SSSR count). The molecule has 0 spiro atoms. The second-order valence-corrected chi connectivity index (χ2v) is 5.82. The van der Waals surface area contributed by atoms with Crippen LogP contribution < -0.4 is 5.32 Å². The zero-order valence-corrected chi connectivity index (χ0v) is 13.5. The Kier molecular flexibility index (Phi) is 5.57. The topological polar surface area (TPSA) is 85.1 Å². The molecule has 24 heavy (non-hydrogen) atoms. The molecule has 0 saturated heterocycles. The third-order valence-corrected chi connectivity index (χ3v) is 3.31. The summed E-state index contributed by atoms with van der Waals surface area (Å²) in [7, 11) is 0. The third-order valence-electron chi connectivity index (χ3n) is 3.31. The fourth-order valence-electron chi connectivity index (χ4n) is 2.06. The number of benzene rings is 1. The van der Waals surface area contributed by atoms with Crippen molar-refractivity contribution < 1.29 is 14.1 Å². The molecule has 0 atom stereocenters. The lowest BCUT2D eigenvalue weighted by atomic mass is 10.1. The highest BCUT2D eigenvalue weighted by molar-refractivity contribution is 5.96. The summed E-state index contributed by atoms with van der Waals surface area (Å²) in [5.41, 5.74) is 0.614. The van der Waals surface area contributed by atoms with Crippen LogP contribution in [-0.4, -0.2) is 22.2 Å². The van der Waals surface area contributed by atoms with Gasteiger partial charge in [-0.25, -0.2) is 9.37 Å². The van der Waals surface area contributed by atoms with Gasteiger partial charge >= 0.3 is 5.69 Å². The average Bonchev–Trinajstić information content (AvgIpc) is 2.54. The Morgan fingerprint density at radius 3 is 2.50 bits per heavy atom. The van der Waals surface area contributed by atoms with Crippen LogP contribution in [0.5, 0.6) is 0 Å². The first-order valence-corrected chi connectivity index (χ1v) is 7.53. The first-order valence-electron chi connectivity index (χ1n) is 7.53. The number of Topliss-reactive ketones (excluding diaryl/α,β-unsaturated/α-hetero) is 1.